The van der Waals surface area contributed by atoms with E-state index in [-0.39, 0.29) is 12.5 Å². The molecule has 1 aromatic carbocycles. The predicted octanol–water partition coefficient (Wildman–Crippen LogP) is 1.34. The maximum atomic E-state index is 12.6. The van der Waals surface area contributed by atoms with Gasteiger partial charge >= 0.3 is 0 Å². The van der Waals surface area contributed by atoms with E-state index < -0.39 is 0 Å². The van der Waals surface area contributed by atoms with Gasteiger partial charge in [0.2, 0.25) is 5.91 Å². The van der Waals surface area contributed by atoms with E-state index in [1.807, 2.05) is 4.90 Å². The fraction of sp³-hybridized carbons (Fsp3) is 0.650. The summed E-state index contributed by atoms with van der Waals surface area (Å²) in [6.07, 6.45) is 2.05. The number of likely N-dealkylation sites (tertiary alicyclic amines) is 1. The van der Waals surface area contributed by atoms with Crippen molar-refractivity contribution in [2.45, 2.75) is 26.3 Å². The SMILES string of the molecule is Cc1ccccc1CN1CCCN(C(=O)CN2CCC(CO)C2)CC1. The van der Waals surface area contributed by atoms with E-state index in [0.29, 0.717) is 12.5 Å². The minimum absolute atomic E-state index is 0.238. The number of carbonyl (C=O) groups is 1. The zero-order chi connectivity index (χ0) is 17.6. The van der Waals surface area contributed by atoms with Gasteiger partial charge < -0.3 is 10.0 Å². The fourth-order valence-corrected chi connectivity index (χ4v) is 3.90. The highest BCUT2D eigenvalue weighted by atomic mass is 16.3. The third kappa shape index (κ3) is 5.03. The molecule has 2 saturated heterocycles. The molecule has 5 heteroatoms. The Morgan fingerprint density at radius 3 is 2.72 bits per heavy atom. The Bertz CT molecular complexity index is 578. The van der Waals surface area contributed by atoms with Crippen LogP contribution in [-0.4, -0.2) is 78.1 Å². The number of aryl methyl sites for hydroxylation is 1. The van der Waals surface area contributed by atoms with Crippen molar-refractivity contribution in [2.24, 2.45) is 5.92 Å². The van der Waals surface area contributed by atoms with Gasteiger partial charge in [-0.15, -0.1) is 0 Å². The maximum absolute atomic E-state index is 12.6. The van der Waals surface area contributed by atoms with Crippen molar-refractivity contribution in [3.8, 4) is 0 Å². The molecule has 1 N–H and O–H groups in total. The summed E-state index contributed by atoms with van der Waals surface area (Å²) in [4.78, 5) is 19.3. The van der Waals surface area contributed by atoms with Crippen molar-refractivity contribution < 1.29 is 9.90 Å². The normalized spacial score (nSPS) is 23.0. The number of nitrogens with zero attached hydrogens (tertiary/aromatic N) is 3. The zero-order valence-electron chi connectivity index (χ0n) is 15.4. The van der Waals surface area contributed by atoms with Crippen LogP contribution in [0.1, 0.15) is 24.0 Å². The van der Waals surface area contributed by atoms with Crippen LogP contribution in [0.25, 0.3) is 0 Å². The molecule has 2 fully saturated rings. The molecule has 1 aromatic rings. The molecule has 0 saturated carbocycles. The second-order valence-electron chi connectivity index (χ2n) is 7.51. The summed E-state index contributed by atoms with van der Waals surface area (Å²) in [5.74, 6) is 0.595. The number of rotatable bonds is 5. The molecule has 0 radical (unpaired) electrons. The lowest BCUT2D eigenvalue weighted by atomic mass is 10.1. The first kappa shape index (κ1) is 18.4. The molecular formula is C20H31N3O2. The number of aliphatic hydroxyl groups excluding tert-OH is 1. The van der Waals surface area contributed by atoms with Gasteiger partial charge in [0.25, 0.3) is 0 Å². The van der Waals surface area contributed by atoms with Crippen LogP contribution in [0.4, 0.5) is 0 Å². The summed E-state index contributed by atoms with van der Waals surface area (Å²) in [5, 5.41) is 9.25. The van der Waals surface area contributed by atoms with E-state index >= 15 is 0 Å². The lowest BCUT2D eigenvalue weighted by Gasteiger charge is -2.24. The van der Waals surface area contributed by atoms with Crippen LogP contribution in [0.15, 0.2) is 24.3 Å². The molecular weight excluding hydrogens is 314 g/mol. The molecule has 3 rings (SSSR count). The largest absolute Gasteiger partial charge is 0.396 e. The Labute approximate surface area is 151 Å². The molecule has 138 valence electrons. The van der Waals surface area contributed by atoms with E-state index in [1.165, 1.54) is 11.1 Å². The second kappa shape index (κ2) is 8.79. The molecule has 5 nitrogen and oxygen atoms in total. The Balaban J connectivity index is 1.48. The summed E-state index contributed by atoms with van der Waals surface area (Å²) >= 11 is 0. The molecule has 0 spiro atoms. The van der Waals surface area contributed by atoms with E-state index in [4.69, 9.17) is 0 Å². The van der Waals surface area contributed by atoms with Gasteiger partial charge in [0, 0.05) is 45.9 Å². The number of carbonyl (C=O) groups excluding carboxylic acids is 1. The van der Waals surface area contributed by atoms with Gasteiger partial charge in [-0.25, -0.2) is 0 Å². The number of benzene rings is 1. The molecule has 1 unspecified atom stereocenters. The standard InChI is InChI=1S/C20H31N3O2/c1-17-5-2-3-6-19(17)14-21-8-4-9-23(12-11-21)20(25)15-22-10-7-18(13-22)16-24/h2-3,5-6,18,24H,4,7-16H2,1H3. The topological polar surface area (TPSA) is 47.0 Å². The predicted molar refractivity (Wildman–Crippen MR) is 99.3 cm³/mol. The first-order chi connectivity index (χ1) is 12.2. The van der Waals surface area contributed by atoms with E-state index in [9.17, 15) is 9.90 Å². The van der Waals surface area contributed by atoms with Crippen LogP contribution < -0.4 is 0 Å². The van der Waals surface area contributed by atoms with Crippen LogP contribution in [0, 0.1) is 12.8 Å². The molecule has 2 aliphatic rings. The van der Waals surface area contributed by atoms with Gasteiger partial charge in [-0.1, -0.05) is 24.3 Å². The molecule has 2 heterocycles. The number of amides is 1. The van der Waals surface area contributed by atoms with Gasteiger partial charge in [0.15, 0.2) is 0 Å². The molecule has 0 aromatic heterocycles. The van der Waals surface area contributed by atoms with Crippen LogP contribution in [0.2, 0.25) is 0 Å². The van der Waals surface area contributed by atoms with Crippen molar-refractivity contribution >= 4 is 5.91 Å². The van der Waals surface area contributed by atoms with Crippen molar-refractivity contribution in [2.75, 3.05) is 52.4 Å². The third-order valence-corrected chi connectivity index (χ3v) is 5.58. The number of aliphatic hydroxyl groups is 1. The van der Waals surface area contributed by atoms with E-state index in [1.54, 1.807) is 0 Å². The zero-order valence-corrected chi connectivity index (χ0v) is 15.4. The fourth-order valence-electron chi connectivity index (χ4n) is 3.90. The minimum Gasteiger partial charge on any atom is -0.396 e. The van der Waals surface area contributed by atoms with Crippen molar-refractivity contribution in [1.82, 2.24) is 14.7 Å². The van der Waals surface area contributed by atoms with Gasteiger partial charge in [-0.05, 0) is 43.4 Å². The van der Waals surface area contributed by atoms with Crippen LogP contribution >= 0.6 is 0 Å². The first-order valence-electron chi connectivity index (χ1n) is 9.53. The van der Waals surface area contributed by atoms with Crippen LogP contribution in [-0.2, 0) is 11.3 Å². The Hall–Kier alpha value is -1.43. The monoisotopic (exact) mass is 345 g/mol. The van der Waals surface area contributed by atoms with Crippen molar-refractivity contribution in [1.29, 1.82) is 0 Å². The molecule has 0 aliphatic carbocycles. The lowest BCUT2D eigenvalue weighted by Crippen LogP contribution is -2.41. The molecule has 0 bridgehead atoms. The number of hydrogen-bond donors (Lipinski definition) is 1. The Morgan fingerprint density at radius 2 is 1.96 bits per heavy atom. The summed E-state index contributed by atoms with van der Waals surface area (Å²) in [6, 6.07) is 8.56. The summed E-state index contributed by atoms with van der Waals surface area (Å²) in [6.45, 7) is 9.35. The molecule has 1 amide bonds. The maximum Gasteiger partial charge on any atom is 0.236 e. The second-order valence-corrected chi connectivity index (χ2v) is 7.51. The Kier molecular flexibility index (Phi) is 6.45. The van der Waals surface area contributed by atoms with E-state index in [2.05, 4.69) is 41.0 Å². The first-order valence-corrected chi connectivity index (χ1v) is 9.53. The summed E-state index contributed by atoms with van der Waals surface area (Å²) < 4.78 is 0. The average Bonchev–Trinajstić information content (AvgIpc) is 2.93. The Morgan fingerprint density at radius 1 is 1.12 bits per heavy atom. The summed E-state index contributed by atoms with van der Waals surface area (Å²) in [7, 11) is 0. The number of hydrogen-bond acceptors (Lipinski definition) is 4. The summed E-state index contributed by atoms with van der Waals surface area (Å²) in [5.41, 5.74) is 2.72. The quantitative estimate of drug-likeness (QED) is 0.875. The molecule has 25 heavy (non-hydrogen) atoms. The highest BCUT2D eigenvalue weighted by Gasteiger charge is 2.26. The van der Waals surface area contributed by atoms with Gasteiger partial charge in [0.05, 0.1) is 6.54 Å². The average molecular weight is 345 g/mol. The lowest BCUT2D eigenvalue weighted by molar-refractivity contribution is -0.132. The minimum atomic E-state index is 0.238. The third-order valence-electron chi connectivity index (χ3n) is 5.58. The molecule has 2 aliphatic heterocycles. The van der Waals surface area contributed by atoms with E-state index in [0.717, 1.165) is 58.7 Å². The van der Waals surface area contributed by atoms with Crippen LogP contribution in [0.3, 0.4) is 0 Å². The smallest absolute Gasteiger partial charge is 0.236 e. The van der Waals surface area contributed by atoms with Gasteiger partial charge in [0.1, 0.15) is 0 Å². The van der Waals surface area contributed by atoms with Crippen molar-refractivity contribution in [3.63, 3.8) is 0 Å². The highest BCUT2D eigenvalue weighted by Crippen LogP contribution is 2.16. The van der Waals surface area contributed by atoms with Gasteiger partial charge in [-0.3, -0.25) is 14.6 Å². The van der Waals surface area contributed by atoms with Gasteiger partial charge in [-0.2, -0.15) is 0 Å². The molecule has 1 atom stereocenters. The van der Waals surface area contributed by atoms with Crippen molar-refractivity contribution in [3.05, 3.63) is 35.4 Å². The highest BCUT2D eigenvalue weighted by molar-refractivity contribution is 5.78. The van der Waals surface area contributed by atoms with Crippen LogP contribution in [0.5, 0.6) is 0 Å².